The summed E-state index contributed by atoms with van der Waals surface area (Å²) in [7, 11) is -2.28. The summed E-state index contributed by atoms with van der Waals surface area (Å²) in [6, 6.07) is 9.61. The topological polar surface area (TPSA) is 93.7 Å². The largest absolute Gasteiger partial charge is 0.497 e. The zero-order valence-electron chi connectivity index (χ0n) is 17.6. The van der Waals surface area contributed by atoms with Gasteiger partial charge in [0, 0.05) is 29.9 Å². The second-order valence-electron chi connectivity index (χ2n) is 7.69. The number of nitrogens with one attached hydrogen (secondary N) is 2. The molecule has 1 heterocycles. The van der Waals surface area contributed by atoms with Crippen molar-refractivity contribution in [3.63, 3.8) is 0 Å². The molecule has 1 aliphatic heterocycles. The molecule has 2 N–H and O–H groups in total. The predicted molar refractivity (Wildman–Crippen MR) is 118 cm³/mol. The van der Waals surface area contributed by atoms with Gasteiger partial charge in [-0.1, -0.05) is 6.07 Å². The van der Waals surface area contributed by atoms with Crippen LogP contribution in [0.25, 0.3) is 0 Å². The Labute approximate surface area is 181 Å². The molecule has 0 aromatic heterocycles. The van der Waals surface area contributed by atoms with Gasteiger partial charge >= 0.3 is 0 Å². The second kappa shape index (κ2) is 8.49. The third-order valence-electron chi connectivity index (χ3n) is 4.77. The smallest absolute Gasteiger partial charge is 0.241 e. The van der Waals surface area contributed by atoms with Crippen molar-refractivity contribution >= 4 is 33.4 Å². The van der Waals surface area contributed by atoms with Crippen molar-refractivity contribution in [1.82, 2.24) is 4.72 Å². The maximum atomic E-state index is 13.2. The molecule has 1 atom stereocenters. The summed E-state index contributed by atoms with van der Waals surface area (Å²) in [6.07, 6.45) is 2.33. The molecule has 2 aromatic rings. The first-order valence-electron chi connectivity index (χ1n) is 9.39. The Morgan fingerprint density at radius 1 is 1.23 bits per heavy atom. The van der Waals surface area contributed by atoms with E-state index in [1.54, 1.807) is 31.4 Å². The van der Waals surface area contributed by atoms with Crippen LogP contribution >= 0.6 is 11.8 Å². The molecule has 7 nitrogen and oxygen atoms in total. The van der Waals surface area contributed by atoms with Crippen molar-refractivity contribution in [1.29, 1.82) is 0 Å². The molecule has 162 valence electrons. The molecule has 30 heavy (non-hydrogen) atoms. The average molecular weight is 451 g/mol. The highest BCUT2D eigenvalue weighted by Crippen LogP contribution is 2.42. The molecule has 0 bridgehead atoms. The summed E-state index contributed by atoms with van der Waals surface area (Å²) in [5, 5.41) is 2.70. The molecule has 0 saturated heterocycles. The van der Waals surface area contributed by atoms with E-state index >= 15 is 0 Å². The van der Waals surface area contributed by atoms with Crippen LogP contribution in [0.15, 0.2) is 46.2 Å². The van der Waals surface area contributed by atoms with Gasteiger partial charge < -0.3 is 14.8 Å². The number of hydrogen-bond acceptors (Lipinski definition) is 6. The maximum absolute atomic E-state index is 13.2. The third kappa shape index (κ3) is 4.91. The molecule has 2 aromatic carbocycles. The molecule has 1 amide bonds. The lowest BCUT2D eigenvalue weighted by Crippen LogP contribution is -2.41. The molecule has 0 spiro atoms. The quantitative estimate of drug-likeness (QED) is 0.647. The number of rotatable bonds is 6. The van der Waals surface area contributed by atoms with Crippen molar-refractivity contribution in [2.75, 3.05) is 18.7 Å². The monoisotopic (exact) mass is 450 g/mol. The Balaban J connectivity index is 1.96. The Morgan fingerprint density at radius 3 is 2.60 bits per heavy atom. The number of anilines is 1. The number of sulfonamides is 1. The minimum absolute atomic E-state index is 0.0865. The number of thioether (sulfide) groups is 1. The van der Waals surface area contributed by atoms with Gasteiger partial charge in [0.05, 0.1) is 23.7 Å². The van der Waals surface area contributed by atoms with Crippen LogP contribution in [0.5, 0.6) is 11.5 Å². The fraction of sp³-hybridized carbons (Fsp3) is 0.381. The number of ether oxygens (including phenoxy) is 2. The Morgan fingerprint density at radius 2 is 1.97 bits per heavy atom. The summed E-state index contributed by atoms with van der Waals surface area (Å²) in [5.41, 5.74) is 0.660. The summed E-state index contributed by atoms with van der Waals surface area (Å²) in [4.78, 5) is 12.4. The molecule has 3 rings (SSSR count). The van der Waals surface area contributed by atoms with E-state index in [4.69, 9.17) is 9.47 Å². The lowest BCUT2D eigenvalue weighted by Gasteiger charge is -2.37. The van der Waals surface area contributed by atoms with Crippen LogP contribution in [-0.4, -0.2) is 33.3 Å². The van der Waals surface area contributed by atoms with Crippen molar-refractivity contribution in [2.24, 2.45) is 0 Å². The minimum Gasteiger partial charge on any atom is -0.497 e. The predicted octanol–water partition coefficient (Wildman–Crippen LogP) is 3.96. The summed E-state index contributed by atoms with van der Waals surface area (Å²) < 4.78 is 40.5. The van der Waals surface area contributed by atoms with E-state index in [1.807, 2.05) is 26.2 Å². The highest BCUT2D eigenvalue weighted by atomic mass is 32.2. The first kappa shape index (κ1) is 22.5. The van der Waals surface area contributed by atoms with Gasteiger partial charge in [-0.2, -0.15) is 0 Å². The van der Waals surface area contributed by atoms with E-state index in [0.29, 0.717) is 23.6 Å². The lowest BCUT2D eigenvalue weighted by molar-refractivity contribution is -0.114. The van der Waals surface area contributed by atoms with Gasteiger partial charge in [-0.15, -0.1) is 11.8 Å². The van der Waals surface area contributed by atoms with Crippen LogP contribution in [-0.2, 0) is 14.8 Å². The van der Waals surface area contributed by atoms with Crippen LogP contribution < -0.4 is 19.5 Å². The molecule has 0 aliphatic carbocycles. The van der Waals surface area contributed by atoms with E-state index in [9.17, 15) is 13.2 Å². The highest BCUT2D eigenvalue weighted by Gasteiger charge is 2.36. The van der Waals surface area contributed by atoms with Crippen molar-refractivity contribution in [3.05, 3.63) is 42.0 Å². The van der Waals surface area contributed by atoms with Gasteiger partial charge in [-0.25, -0.2) is 13.1 Å². The molecule has 0 unspecified atom stereocenters. The number of benzene rings is 2. The zero-order valence-corrected chi connectivity index (χ0v) is 19.2. The number of carbonyl (C=O) groups excluding carboxylic acids is 1. The average Bonchev–Trinajstić information content (AvgIpc) is 2.65. The standard InChI is InChI=1S/C21H26N2O5S2/c1-13(24)22-17-11-15(7-9-20(17)29-5)30(25,26)23-18-12-21(2,3)28-19-10-14(27-4)6-8-16(18)19/h6-11,18,23H,12H2,1-5H3,(H,22,24)/t18-/m0/s1. The Kier molecular flexibility index (Phi) is 6.35. The van der Waals surface area contributed by atoms with Gasteiger partial charge in [0.15, 0.2) is 0 Å². The minimum atomic E-state index is -3.85. The number of amides is 1. The summed E-state index contributed by atoms with van der Waals surface area (Å²) in [5.74, 6) is 0.970. The highest BCUT2D eigenvalue weighted by molar-refractivity contribution is 7.98. The van der Waals surface area contributed by atoms with E-state index in [1.165, 1.54) is 24.8 Å². The molecule has 0 fully saturated rings. The SMILES string of the molecule is COc1ccc2c(c1)OC(C)(C)C[C@@H]2NS(=O)(=O)c1ccc(SC)c(NC(C)=O)c1. The van der Waals surface area contributed by atoms with E-state index < -0.39 is 21.7 Å². The second-order valence-corrected chi connectivity index (χ2v) is 10.2. The molecule has 1 aliphatic rings. The lowest BCUT2D eigenvalue weighted by atomic mass is 9.90. The van der Waals surface area contributed by atoms with Crippen molar-refractivity contribution in [2.45, 2.75) is 48.6 Å². The van der Waals surface area contributed by atoms with Crippen LogP contribution in [0.2, 0.25) is 0 Å². The fourth-order valence-electron chi connectivity index (χ4n) is 3.46. The van der Waals surface area contributed by atoms with Gasteiger partial charge in [0.2, 0.25) is 15.9 Å². The molecule has 0 saturated carbocycles. The maximum Gasteiger partial charge on any atom is 0.241 e. The molecule has 9 heteroatoms. The third-order valence-corrected chi connectivity index (χ3v) is 7.03. The van der Waals surface area contributed by atoms with E-state index in [-0.39, 0.29) is 10.8 Å². The van der Waals surface area contributed by atoms with E-state index in [2.05, 4.69) is 10.0 Å². The van der Waals surface area contributed by atoms with Crippen molar-refractivity contribution in [3.8, 4) is 11.5 Å². The number of methoxy groups -OCH3 is 1. The first-order valence-corrected chi connectivity index (χ1v) is 12.1. The Hall–Kier alpha value is -2.23. The van der Waals surface area contributed by atoms with Crippen LogP contribution in [0, 0.1) is 0 Å². The molecule has 0 radical (unpaired) electrons. The van der Waals surface area contributed by atoms with Gasteiger partial charge in [0.1, 0.15) is 17.1 Å². The first-order chi connectivity index (χ1) is 14.0. The normalized spacial score (nSPS) is 17.6. The number of hydrogen-bond donors (Lipinski definition) is 2. The molecular weight excluding hydrogens is 424 g/mol. The van der Waals surface area contributed by atoms with Crippen LogP contribution in [0.3, 0.4) is 0 Å². The van der Waals surface area contributed by atoms with E-state index in [0.717, 1.165) is 10.5 Å². The van der Waals surface area contributed by atoms with Crippen molar-refractivity contribution < 1.29 is 22.7 Å². The van der Waals surface area contributed by atoms with Gasteiger partial charge in [0.25, 0.3) is 0 Å². The Bertz CT molecular complexity index is 1070. The molecular formula is C21H26N2O5S2. The van der Waals surface area contributed by atoms with Crippen LogP contribution in [0.4, 0.5) is 5.69 Å². The fourth-order valence-corrected chi connectivity index (χ4v) is 5.24. The number of carbonyl (C=O) groups is 1. The zero-order chi connectivity index (χ0) is 22.1. The van der Waals surface area contributed by atoms with Gasteiger partial charge in [-0.3, -0.25) is 4.79 Å². The van der Waals surface area contributed by atoms with Gasteiger partial charge in [-0.05, 0) is 44.4 Å². The number of fused-ring (bicyclic) bond motifs is 1. The van der Waals surface area contributed by atoms with Crippen LogP contribution in [0.1, 0.15) is 38.8 Å². The summed E-state index contributed by atoms with van der Waals surface area (Å²) in [6.45, 7) is 5.22. The summed E-state index contributed by atoms with van der Waals surface area (Å²) >= 11 is 1.43.